The van der Waals surface area contributed by atoms with Crippen molar-refractivity contribution in [3.05, 3.63) is 23.7 Å². The van der Waals surface area contributed by atoms with Gasteiger partial charge in [0.05, 0.1) is 5.69 Å². The second-order valence-corrected chi connectivity index (χ2v) is 9.58. The van der Waals surface area contributed by atoms with Crippen LogP contribution in [0.2, 0.25) is 0 Å². The smallest absolute Gasteiger partial charge is 0.197 e. The first-order valence-electron chi connectivity index (χ1n) is 9.60. The number of aromatic nitrogens is 4. The van der Waals surface area contributed by atoms with E-state index in [4.69, 9.17) is 5.10 Å². The molecule has 4 heterocycles. The third-order valence-electron chi connectivity index (χ3n) is 5.84. The first-order valence-corrected chi connectivity index (χ1v) is 11.0. The topological polar surface area (TPSA) is 83.7 Å². The van der Waals surface area contributed by atoms with Crippen molar-refractivity contribution in [1.82, 2.24) is 28.4 Å². The fourth-order valence-electron chi connectivity index (χ4n) is 4.10. The highest BCUT2D eigenvalue weighted by Crippen LogP contribution is 2.39. The third kappa shape index (κ3) is 2.82. The monoisotopic (exact) mass is 376 g/mol. The van der Waals surface area contributed by atoms with E-state index in [-0.39, 0.29) is 5.92 Å². The number of hydrogen-bond donors (Lipinski definition) is 0. The number of piperidine rings is 1. The van der Waals surface area contributed by atoms with Gasteiger partial charge in [-0.05, 0) is 50.7 Å². The van der Waals surface area contributed by atoms with E-state index < -0.39 is 10.2 Å². The molecule has 0 N–H and O–H groups in total. The van der Waals surface area contributed by atoms with E-state index in [0.29, 0.717) is 32.1 Å². The summed E-state index contributed by atoms with van der Waals surface area (Å²) >= 11 is 0. The molecule has 0 bridgehead atoms. The van der Waals surface area contributed by atoms with Gasteiger partial charge in [0, 0.05) is 38.0 Å². The van der Waals surface area contributed by atoms with Crippen molar-refractivity contribution in [2.75, 3.05) is 26.2 Å². The molecular formula is C17H24N6O2S. The normalized spacial score (nSPS) is 23.8. The Morgan fingerprint density at radius 1 is 0.846 bits per heavy atom. The Balaban J connectivity index is 1.34. The van der Waals surface area contributed by atoms with Crippen molar-refractivity contribution < 1.29 is 8.42 Å². The van der Waals surface area contributed by atoms with Crippen molar-refractivity contribution in [1.29, 1.82) is 0 Å². The van der Waals surface area contributed by atoms with E-state index in [0.717, 1.165) is 42.8 Å². The summed E-state index contributed by atoms with van der Waals surface area (Å²) in [5.41, 5.74) is 1.89. The van der Waals surface area contributed by atoms with Crippen LogP contribution >= 0.6 is 0 Å². The minimum Gasteiger partial charge on any atom is -0.197 e. The molecule has 1 aliphatic carbocycles. The van der Waals surface area contributed by atoms with Gasteiger partial charge in [0.1, 0.15) is 0 Å². The lowest BCUT2D eigenvalue weighted by Crippen LogP contribution is -2.46. The quantitative estimate of drug-likeness (QED) is 0.808. The molecule has 0 aromatic carbocycles. The Labute approximate surface area is 153 Å². The third-order valence-corrected chi connectivity index (χ3v) is 7.88. The zero-order valence-corrected chi connectivity index (χ0v) is 15.6. The van der Waals surface area contributed by atoms with Gasteiger partial charge in [0.2, 0.25) is 0 Å². The summed E-state index contributed by atoms with van der Waals surface area (Å²) in [5.74, 6) is 1.67. The fourth-order valence-corrected chi connectivity index (χ4v) is 5.82. The van der Waals surface area contributed by atoms with E-state index in [9.17, 15) is 8.42 Å². The van der Waals surface area contributed by atoms with Crippen molar-refractivity contribution in [2.24, 2.45) is 0 Å². The van der Waals surface area contributed by atoms with Gasteiger partial charge in [-0.25, -0.2) is 0 Å². The number of rotatable bonds is 4. The molecule has 9 heteroatoms. The fraction of sp³-hybridized carbons (Fsp3) is 0.706. The zero-order valence-electron chi connectivity index (χ0n) is 14.8. The average Bonchev–Trinajstić information content (AvgIpc) is 3.19. The van der Waals surface area contributed by atoms with E-state index in [1.165, 1.54) is 12.8 Å². The van der Waals surface area contributed by atoms with Gasteiger partial charge in [-0.2, -0.15) is 26.6 Å². The summed E-state index contributed by atoms with van der Waals surface area (Å²) in [6.07, 6.45) is 5.89. The summed E-state index contributed by atoms with van der Waals surface area (Å²) in [6, 6.07) is 4.04. The van der Waals surface area contributed by atoms with Crippen LogP contribution in [0.15, 0.2) is 12.1 Å². The predicted octanol–water partition coefficient (Wildman–Crippen LogP) is 1.52. The van der Waals surface area contributed by atoms with E-state index in [1.54, 1.807) is 8.61 Å². The number of fused-ring (bicyclic) bond motifs is 1. The number of hydrogen-bond acceptors (Lipinski definition) is 5. The van der Waals surface area contributed by atoms with E-state index in [1.807, 2.05) is 10.6 Å². The Bertz CT molecular complexity index is 908. The van der Waals surface area contributed by atoms with Gasteiger partial charge in [0.15, 0.2) is 11.5 Å². The lowest BCUT2D eigenvalue weighted by molar-refractivity contribution is 0.290. The van der Waals surface area contributed by atoms with Gasteiger partial charge in [0.25, 0.3) is 10.2 Å². The molecule has 2 saturated heterocycles. The first kappa shape index (κ1) is 16.6. The first-order chi connectivity index (χ1) is 12.6. The minimum absolute atomic E-state index is 0.206. The molecule has 8 nitrogen and oxygen atoms in total. The highest BCUT2D eigenvalue weighted by molar-refractivity contribution is 7.86. The van der Waals surface area contributed by atoms with Crippen LogP contribution in [-0.2, 0) is 10.2 Å². The second-order valence-electron chi connectivity index (χ2n) is 7.65. The molecule has 0 unspecified atom stereocenters. The molecule has 5 rings (SSSR count). The Morgan fingerprint density at radius 3 is 2.23 bits per heavy atom. The average molecular weight is 376 g/mol. The van der Waals surface area contributed by atoms with E-state index >= 15 is 0 Å². The molecule has 2 aromatic rings. The number of nitrogens with zero attached hydrogens (tertiary/aromatic N) is 6. The van der Waals surface area contributed by atoms with Crippen LogP contribution in [0.1, 0.15) is 61.9 Å². The maximum atomic E-state index is 12.7. The van der Waals surface area contributed by atoms with Crippen LogP contribution in [0, 0.1) is 0 Å². The molecular weight excluding hydrogens is 352 g/mol. The minimum atomic E-state index is -3.30. The summed E-state index contributed by atoms with van der Waals surface area (Å²) in [4.78, 5) is 0. The van der Waals surface area contributed by atoms with Crippen LogP contribution in [0.4, 0.5) is 0 Å². The van der Waals surface area contributed by atoms with Crippen LogP contribution in [0.3, 0.4) is 0 Å². The van der Waals surface area contributed by atoms with Crippen LogP contribution in [0.5, 0.6) is 0 Å². The Morgan fingerprint density at radius 2 is 1.54 bits per heavy atom. The van der Waals surface area contributed by atoms with Gasteiger partial charge in [-0.3, -0.25) is 0 Å². The molecule has 2 aliphatic heterocycles. The molecule has 2 aromatic heterocycles. The Kier molecular flexibility index (Phi) is 3.98. The van der Waals surface area contributed by atoms with Crippen molar-refractivity contribution >= 4 is 15.9 Å². The summed E-state index contributed by atoms with van der Waals surface area (Å²) < 4.78 is 30.6. The van der Waals surface area contributed by atoms with Crippen LogP contribution in [0.25, 0.3) is 5.65 Å². The van der Waals surface area contributed by atoms with Crippen molar-refractivity contribution in [2.45, 2.75) is 50.4 Å². The Hall–Kier alpha value is -1.58. The molecule has 0 amide bonds. The second kappa shape index (κ2) is 6.24. The molecule has 26 heavy (non-hydrogen) atoms. The molecule has 0 atom stereocenters. The summed E-state index contributed by atoms with van der Waals surface area (Å²) in [6.45, 7) is 2.40. The highest BCUT2D eigenvalue weighted by Gasteiger charge is 2.36. The van der Waals surface area contributed by atoms with Gasteiger partial charge in [-0.1, -0.05) is 0 Å². The van der Waals surface area contributed by atoms with Gasteiger partial charge >= 0.3 is 0 Å². The van der Waals surface area contributed by atoms with Gasteiger partial charge in [-0.15, -0.1) is 10.2 Å². The van der Waals surface area contributed by atoms with Crippen LogP contribution in [-0.4, -0.2) is 63.0 Å². The molecule has 0 radical (unpaired) electrons. The highest BCUT2D eigenvalue weighted by atomic mass is 32.2. The van der Waals surface area contributed by atoms with Crippen molar-refractivity contribution in [3.8, 4) is 0 Å². The zero-order chi connectivity index (χ0) is 17.7. The molecule has 1 saturated carbocycles. The maximum absolute atomic E-state index is 12.7. The van der Waals surface area contributed by atoms with Crippen LogP contribution < -0.4 is 0 Å². The lowest BCUT2D eigenvalue weighted by Gasteiger charge is -2.32. The molecule has 0 spiro atoms. The lowest BCUT2D eigenvalue weighted by atomic mass is 9.97. The van der Waals surface area contributed by atoms with Gasteiger partial charge < -0.3 is 0 Å². The SMILES string of the molecule is O=S(=O)(N1CCCC1)N1CCC(c2nnc3ccc(C4CC4)nn23)CC1. The summed E-state index contributed by atoms with van der Waals surface area (Å²) in [5, 5.41) is 13.4. The molecule has 140 valence electrons. The van der Waals surface area contributed by atoms with E-state index in [2.05, 4.69) is 16.3 Å². The summed E-state index contributed by atoms with van der Waals surface area (Å²) in [7, 11) is -3.30. The maximum Gasteiger partial charge on any atom is 0.281 e. The largest absolute Gasteiger partial charge is 0.281 e. The standard InChI is InChI=1S/C17H24N6O2S/c24-26(25,21-9-1-2-10-21)22-11-7-14(8-12-22)17-19-18-16-6-5-15(13-3-4-13)20-23(16)17/h5-6,13-14H,1-4,7-12H2. The molecule has 3 aliphatic rings. The molecule has 3 fully saturated rings. The van der Waals surface area contributed by atoms with Crippen molar-refractivity contribution in [3.63, 3.8) is 0 Å². The predicted molar refractivity (Wildman–Crippen MR) is 96.0 cm³/mol.